The number of hydrogen-bond donors (Lipinski definition) is 1. The van der Waals surface area contributed by atoms with Gasteiger partial charge in [0.1, 0.15) is 23.1 Å². The van der Waals surface area contributed by atoms with Gasteiger partial charge in [-0.15, -0.1) is 0 Å². The predicted molar refractivity (Wildman–Crippen MR) is 80.4 cm³/mol. The summed E-state index contributed by atoms with van der Waals surface area (Å²) in [5.74, 6) is -0.800. The highest BCUT2D eigenvalue weighted by molar-refractivity contribution is 9.10. The first-order valence-corrected chi connectivity index (χ1v) is 7.24. The maximum absolute atomic E-state index is 14.2. The molecule has 0 aliphatic heterocycles. The van der Waals surface area contributed by atoms with Gasteiger partial charge < -0.3 is 10.1 Å². The highest BCUT2D eigenvalue weighted by Crippen LogP contribution is 2.32. The third kappa shape index (κ3) is 3.39. The highest BCUT2D eigenvalue weighted by atomic mass is 79.9. The van der Waals surface area contributed by atoms with E-state index in [0.29, 0.717) is 22.5 Å². The number of ether oxygens (including phenoxy) is 1. The van der Waals surface area contributed by atoms with Gasteiger partial charge in [-0.3, -0.25) is 4.98 Å². The zero-order chi connectivity index (χ0) is 15.4. The van der Waals surface area contributed by atoms with E-state index < -0.39 is 17.7 Å². The molecule has 0 radical (unpaired) electrons. The lowest BCUT2D eigenvalue weighted by Crippen LogP contribution is -2.25. The van der Waals surface area contributed by atoms with Crippen molar-refractivity contribution < 1.29 is 13.5 Å². The Morgan fingerprint density at radius 3 is 2.57 bits per heavy atom. The van der Waals surface area contributed by atoms with Gasteiger partial charge in [0.25, 0.3) is 0 Å². The van der Waals surface area contributed by atoms with Crippen LogP contribution in [-0.2, 0) is 0 Å². The van der Waals surface area contributed by atoms with Crippen molar-refractivity contribution in [1.29, 1.82) is 0 Å². The third-order valence-electron chi connectivity index (χ3n) is 3.03. The maximum Gasteiger partial charge on any atom is 0.142 e. The van der Waals surface area contributed by atoms with Crippen molar-refractivity contribution in [3.05, 3.63) is 57.8 Å². The fourth-order valence-electron chi connectivity index (χ4n) is 2.16. The summed E-state index contributed by atoms with van der Waals surface area (Å²) in [6.07, 6.45) is 1.57. The molecule has 0 amide bonds. The second-order valence-corrected chi connectivity index (χ2v) is 5.28. The van der Waals surface area contributed by atoms with Crippen molar-refractivity contribution in [1.82, 2.24) is 10.3 Å². The van der Waals surface area contributed by atoms with E-state index in [1.54, 1.807) is 18.3 Å². The fourth-order valence-corrected chi connectivity index (χ4v) is 2.56. The largest absolute Gasteiger partial charge is 0.495 e. The first kappa shape index (κ1) is 15.9. The highest BCUT2D eigenvalue weighted by Gasteiger charge is 2.25. The molecule has 0 spiro atoms. The summed E-state index contributed by atoms with van der Waals surface area (Å²) in [4.78, 5) is 4.22. The number of hydrogen-bond acceptors (Lipinski definition) is 3. The number of pyridine rings is 1. The first-order valence-electron chi connectivity index (χ1n) is 6.45. The van der Waals surface area contributed by atoms with E-state index in [2.05, 4.69) is 26.2 Å². The average molecular weight is 357 g/mol. The van der Waals surface area contributed by atoms with E-state index in [1.807, 2.05) is 6.92 Å². The SMILES string of the molecule is CCNC(c1ncccc1OC)c1c(F)cc(Br)cc1F. The molecule has 21 heavy (non-hydrogen) atoms. The molecule has 1 aromatic heterocycles. The number of nitrogens with zero attached hydrogens (tertiary/aromatic N) is 1. The minimum absolute atomic E-state index is 0.0722. The molecule has 0 fully saturated rings. The molecule has 0 aliphatic rings. The summed E-state index contributed by atoms with van der Waals surface area (Å²) in [5, 5.41) is 3.05. The molecule has 1 heterocycles. The molecular weight excluding hydrogens is 342 g/mol. The molecule has 1 N–H and O–H groups in total. The first-order chi connectivity index (χ1) is 10.1. The Balaban J connectivity index is 2.59. The molecule has 3 nitrogen and oxygen atoms in total. The van der Waals surface area contributed by atoms with Crippen molar-refractivity contribution >= 4 is 15.9 Å². The van der Waals surface area contributed by atoms with Crippen LogP contribution in [0.4, 0.5) is 8.78 Å². The monoisotopic (exact) mass is 356 g/mol. The van der Waals surface area contributed by atoms with Gasteiger partial charge in [0.05, 0.1) is 13.2 Å². The van der Waals surface area contributed by atoms with E-state index in [0.717, 1.165) is 0 Å². The number of rotatable bonds is 5. The van der Waals surface area contributed by atoms with E-state index >= 15 is 0 Å². The van der Waals surface area contributed by atoms with Gasteiger partial charge in [-0.05, 0) is 30.8 Å². The molecule has 0 saturated heterocycles. The van der Waals surface area contributed by atoms with E-state index in [1.165, 1.54) is 19.2 Å². The molecule has 1 unspecified atom stereocenters. The Morgan fingerprint density at radius 2 is 2.00 bits per heavy atom. The summed E-state index contributed by atoms with van der Waals surface area (Å²) in [5.41, 5.74) is 0.374. The van der Waals surface area contributed by atoms with Crippen molar-refractivity contribution in [3.8, 4) is 5.75 Å². The maximum atomic E-state index is 14.2. The van der Waals surface area contributed by atoms with Gasteiger partial charge in [-0.1, -0.05) is 22.9 Å². The van der Waals surface area contributed by atoms with Gasteiger partial charge >= 0.3 is 0 Å². The molecule has 2 rings (SSSR count). The minimum atomic E-state index is -0.723. The van der Waals surface area contributed by atoms with Gasteiger partial charge in [0.15, 0.2) is 0 Å². The van der Waals surface area contributed by atoms with Crippen LogP contribution in [0.25, 0.3) is 0 Å². The van der Waals surface area contributed by atoms with Crippen LogP contribution in [0, 0.1) is 11.6 Å². The molecule has 0 saturated carbocycles. The van der Waals surface area contributed by atoms with Crippen LogP contribution in [0.1, 0.15) is 24.2 Å². The number of benzene rings is 1. The summed E-state index contributed by atoms with van der Waals surface area (Å²) in [6.45, 7) is 2.39. The van der Waals surface area contributed by atoms with Gasteiger partial charge in [-0.2, -0.15) is 0 Å². The van der Waals surface area contributed by atoms with Crippen molar-refractivity contribution in [2.75, 3.05) is 13.7 Å². The molecule has 2 aromatic rings. The Hall–Kier alpha value is -1.53. The van der Waals surface area contributed by atoms with E-state index in [-0.39, 0.29) is 5.56 Å². The smallest absolute Gasteiger partial charge is 0.142 e. The molecular formula is C15H15BrF2N2O. The Labute approximate surface area is 130 Å². The standard InChI is InChI=1S/C15H15BrF2N2O/c1-3-19-15(14-12(21-2)5-4-6-20-14)13-10(17)7-9(16)8-11(13)18/h4-8,15,19H,3H2,1-2H3. The zero-order valence-electron chi connectivity index (χ0n) is 11.7. The molecule has 6 heteroatoms. The Morgan fingerprint density at radius 1 is 1.33 bits per heavy atom. The second kappa shape index (κ2) is 6.95. The van der Waals surface area contributed by atoms with Crippen LogP contribution in [0.3, 0.4) is 0 Å². The van der Waals surface area contributed by atoms with E-state index in [9.17, 15) is 8.78 Å². The minimum Gasteiger partial charge on any atom is -0.495 e. The van der Waals surface area contributed by atoms with E-state index in [4.69, 9.17) is 4.74 Å². The van der Waals surface area contributed by atoms with Crippen LogP contribution in [0.5, 0.6) is 5.75 Å². The molecule has 112 valence electrons. The average Bonchev–Trinajstić information content (AvgIpc) is 2.45. The predicted octanol–water partition coefficient (Wildman–Crippen LogP) is 3.83. The van der Waals surface area contributed by atoms with Crippen molar-refractivity contribution in [2.24, 2.45) is 0 Å². The molecule has 0 bridgehead atoms. The van der Waals surface area contributed by atoms with Crippen molar-refractivity contribution in [3.63, 3.8) is 0 Å². The number of methoxy groups -OCH3 is 1. The lowest BCUT2D eigenvalue weighted by atomic mass is 10.0. The van der Waals surface area contributed by atoms with Crippen LogP contribution in [0.2, 0.25) is 0 Å². The topological polar surface area (TPSA) is 34.2 Å². The van der Waals surface area contributed by atoms with Crippen LogP contribution < -0.4 is 10.1 Å². The van der Waals surface area contributed by atoms with Crippen molar-refractivity contribution in [2.45, 2.75) is 13.0 Å². The lowest BCUT2D eigenvalue weighted by molar-refractivity contribution is 0.397. The summed E-state index contributed by atoms with van der Waals surface area (Å²) < 4.78 is 34.0. The number of aromatic nitrogens is 1. The third-order valence-corrected chi connectivity index (χ3v) is 3.49. The van der Waals surface area contributed by atoms with Crippen LogP contribution >= 0.6 is 15.9 Å². The molecule has 1 aromatic carbocycles. The van der Waals surface area contributed by atoms with Gasteiger partial charge in [-0.25, -0.2) is 8.78 Å². The molecule has 0 aliphatic carbocycles. The Bertz CT molecular complexity index is 614. The molecule has 1 atom stereocenters. The quantitative estimate of drug-likeness (QED) is 0.883. The fraction of sp³-hybridized carbons (Fsp3) is 0.267. The zero-order valence-corrected chi connectivity index (χ0v) is 13.2. The summed E-state index contributed by atoms with van der Waals surface area (Å²) >= 11 is 3.08. The van der Waals surface area contributed by atoms with Crippen LogP contribution in [-0.4, -0.2) is 18.6 Å². The second-order valence-electron chi connectivity index (χ2n) is 4.36. The van der Waals surface area contributed by atoms with Gasteiger partial charge in [0, 0.05) is 16.2 Å². The normalized spacial score (nSPS) is 12.2. The summed E-state index contributed by atoms with van der Waals surface area (Å²) in [6, 6.07) is 5.16. The lowest BCUT2D eigenvalue weighted by Gasteiger charge is -2.21. The summed E-state index contributed by atoms with van der Waals surface area (Å²) in [7, 11) is 1.50. The van der Waals surface area contributed by atoms with Crippen LogP contribution in [0.15, 0.2) is 34.9 Å². The number of nitrogens with one attached hydrogen (secondary N) is 1. The number of halogens is 3. The Kier molecular flexibility index (Phi) is 5.25. The van der Waals surface area contributed by atoms with Gasteiger partial charge in [0.2, 0.25) is 0 Å².